The molecule has 0 heterocycles. The third-order valence-electron chi connectivity index (χ3n) is 15.2. The summed E-state index contributed by atoms with van der Waals surface area (Å²) in [5, 5.41) is 1.70. The van der Waals surface area contributed by atoms with Crippen LogP contribution in [0.2, 0.25) is 0 Å². The minimum atomic E-state index is -3.21. The van der Waals surface area contributed by atoms with E-state index in [0.717, 1.165) is 28.2 Å². The molecule has 2 aliphatic rings. The third kappa shape index (κ3) is 7.44. The van der Waals surface area contributed by atoms with Crippen LogP contribution in [-0.2, 0) is 21.8 Å². The Morgan fingerprint density at radius 3 is 1.40 bits per heavy atom. The SMILES string of the molecule is Cc1ccc(C(c2ccc(C)cc2)(c2ccc(C)cc2)c2ccc(C(C3=CC=CC(P(=O)(c4ccccc4)c4ccccc4)C=C3)(c3ccccc3C)c3cccc4c3Cc3ccccc3-4)cc2)cc1. The van der Waals surface area contributed by atoms with Crippen LogP contribution >= 0.6 is 7.14 Å². The summed E-state index contributed by atoms with van der Waals surface area (Å²) in [4.78, 5) is 0. The fourth-order valence-corrected chi connectivity index (χ4v) is 14.6. The molecule has 9 aromatic carbocycles. The number of allylic oxidation sites excluding steroid dienone is 6. The second kappa shape index (κ2) is 18.4. The van der Waals surface area contributed by atoms with E-state index in [1.807, 2.05) is 60.7 Å². The molecule has 0 N–H and O–H groups in total. The van der Waals surface area contributed by atoms with E-state index < -0.39 is 18.0 Å². The van der Waals surface area contributed by atoms with Crippen molar-refractivity contribution < 1.29 is 4.57 Å². The molecule has 0 aliphatic heterocycles. The molecule has 0 spiro atoms. The topological polar surface area (TPSA) is 17.1 Å². The highest BCUT2D eigenvalue weighted by Gasteiger charge is 2.45. The highest BCUT2D eigenvalue weighted by molar-refractivity contribution is 7.79. The summed E-state index contributed by atoms with van der Waals surface area (Å²) in [7, 11) is -3.21. The highest BCUT2D eigenvalue weighted by atomic mass is 31.2. The van der Waals surface area contributed by atoms with Crippen LogP contribution in [0.15, 0.2) is 260 Å². The number of benzene rings is 9. The molecule has 0 bridgehead atoms. The molecule has 0 amide bonds. The maximum absolute atomic E-state index is 16.0. The van der Waals surface area contributed by atoms with Crippen LogP contribution in [0.3, 0.4) is 0 Å². The van der Waals surface area contributed by atoms with Crippen molar-refractivity contribution in [3.63, 3.8) is 0 Å². The quantitative estimate of drug-likeness (QED) is 0.0933. The lowest BCUT2D eigenvalue weighted by Crippen LogP contribution is -2.34. The van der Waals surface area contributed by atoms with Gasteiger partial charge in [0.1, 0.15) is 0 Å². The van der Waals surface area contributed by atoms with Gasteiger partial charge in [0.15, 0.2) is 7.14 Å². The predicted octanol–water partition coefficient (Wildman–Crippen LogP) is 15.6. The molecule has 0 aromatic heterocycles. The molecule has 2 unspecified atom stereocenters. The van der Waals surface area contributed by atoms with Gasteiger partial charge in [-0.25, -0.2) is 0 Å². The lowest BCUT2D eigenvalue weighted by molar-refractivity contribution is 0.586. The first kappa shape index (κ1) is 44.9. The first-order valence-corrected chi connectivity index (χ1v) is 26.4. The second-order valence-electron chi connectivity index (χ2n) is 19.3. The van der Waals surface area contributed by atoms with Crippen molar-refractivity contribution in [1.82, 2.24) is 0 Å². The third-order valence-corrected chi connectivity index (χ3v) is 18.5. The van der Waals surface area contributed by atoms with Gasteiger partial charge in [0, 0.05) is 10.6 Å². The zero-order chi connectivity index (χ0) is 47.9. The highest BCUT2D eigenvalue weighted by Crippen LogP contribution is 2.55. The van der Waals surface area contributed by atoms with E-state index in [0.29, 0.717) is 0 Å². The lowest BCUT2D eigenvalue weighted by atomic mass is 9.61. The Balaban J connectivity index is 1.19. The van der Waals surface area contributed by atoms with Gasteiger partial charge in [-0.2, -0.15) is 0 Å². The van der Waals surface area contributed by atoms with E-state index in [9.17, 15) is 0 Å². The second-order valence-corrected chi connectivity index (χ2v) is 22.3. The van der Waals surface area contributed by atoms with Crippen LogP contribution in [0.1, 0.15) is 72.3 Å². The van der Waals surface area contributed by atoms with Crippen LogP contribution in [0.5, 0.6) is 0 Å². The Kier molecular flexibility index (Phi) is 11.8. The first-order valence-electron chi connectivity index (χ1n) is 24.6. The fourth-order valence-electron chi connectivity index (χ4n) is 11.7. The van der Waals surface area contributed by atoms with Gasteiger partial charge >= 0.3 is 0 Å². The molecular formula is C68H57OP. The summed E-state index contributed by atoms with van der Waals surface area (Å²) >= 11 is 0. The van der Waals surface area contributed by atoms with Gasteiger partial charge in [0.2, 0.25) is 0 Å². The summed E-state index contributed by atoms with van der Waals surface area (Å²) in [5.74, 6) is 0. The van der Waals surface area contributed by atoms with Crippen LogP contribution in [0, 0.1) is 27.7 Å². The summed E-state index contributed by atoms with van der Waals surface area (Å²) < 4.78 is 16.0. The molecule has 0 fully saturated rings. The normalized spacial score (nSPS) is 15.1. The predicted molar refractivity (Wildman–Crippen MR) is 295 cm³/mol. The van der Waals surface area contributed by atoms with E-state index in [1.165, 1.54) is 77.9 Å². The fraction of sp³-hybridized carbons (Fsp3) is 0.118. The van der Waals surface area contributed by atoms with Gasteiger partial charge in [-0.15, -0.1) is 0 Å². The van der Waals surface area contributed by atoms with Gasteiger partial charge in [0.05, 0.1) is 16.5 Å². The van der Waals surface area contributed by atoms with E-state index in [-0.39, 0.29) is 5.66 Å². The number of hydrogen-bond donors (Lipinski definition) is 0. The number of fused-ring (bicyclic) bond motifs is 3. The van der Waals surface area contributed by atoms with Gasteiger partial charge < -0.3 is 4.57 Å². The minimum absolute atomic E-state index is 0.382. The van der Waals surface area contributed by atoms with Crippen molar-refractivity contribution in [2.45, 2.75) is 50.6 Å². The Morgan fingerprint density at radius 2 is 0.857 bits per heavy atom. The van der Waals surface area contributed by atoms with Crippen molar-refractivity contribution in [1.29, 1.82) is 0 Å². The molecule has 11 rings (SSSR count). The monoisotopic (exact) mass is 920 g/mol. The zero-order valence-electron chi connectivity index (χ0n) is 40.4. The lowest BCUT2D eigenvalue weighted by Gasteiger charge is -2.41. The molecule has 1 nitrogen and oxygen atoms in total. The van der Waals surface area contributed by atoms with Crippen molar-refractivity contribution in [2.75, 3.05) is 0 Å². The van der Waals surface area contributed by atoms with Crippen molar-refractivity contribution >= 4 is 17.8 Å². The van der Waals surface area contributed by atoms with E-state index in [2.05, 4.69) is 222 Å². The average molecular weight is 921 g/mol. The zero-order valence-corrected chi connectivity index (χ0v) is 41.3. The molecule has 0 saturated heterocycles. The van der Waals surface area contributed by atoms with Crippen LogP contribution in [-0.4, -0.2) is 5.66 Å². The maximum atomic E-state index is 16.0. The minimum Gasteiger partial charge on any atom is -0.313 e. The average Bonchev–Trinajstić information content (AvgIpc) is 3.61. The molecule has 9 aromatic rings. The molecule has 70 heavy (non-hydrogen) atoms. The Bertz CT molecular complexity index is 3330. The van der Waals surface area contributed by atoms with Crippen molar-refractivity contribution in [3.8, 4) is 11.1 Å². The summed E-state index contributed by atoms with van der Waals surface area (Å²) in [6.45, 7) is 8.75. The number of hydrogen-bond acceptors (Lipinski definition) is 1. The van der Waals surface area contributed by atoms with Crippen molar-refractivity contribution in [2.24, 2.45) is 0 Å². The summed E-state index contributed by atoms with van der Waals surface area (Å²) in [5.41, 5.74) is 17.9. The maximum Gasteiger partial charge on any atom is 0.153 e. The summed E-state index contributed by atoms with van der Waals surface area (Å²) in [6.07, 6.45) is 12.0. The van der Waals surface area contributed by atoms with Gasteiger partial charge in [-0.05, 0) is 106 Å². The van der Waals surface area contributed by atoms with Gasteiger partial charge in [-0.1, -0.05) is 272 Å². The molecular weight excluding hydrogens is 864 g/mol. The molecule has 0 saturated carbocycles. The number of rotatable bonds is 11. The smallest absolute Gasteiger partial charge is 0.153 e. The Labute approximate surface area is 414 Å². The van der Waals surface area contributed by atoms with E-state index in [4.69, 9.17) is 0 Å². The largest absolute Gasteiger partial charge is 0.313 e. The van der Waals surface area contributed by atoms with Crippen molar-refractivity contribution in [3.05, 3.63) is 333 Å². The van der Waals surface area contributed by atoms with E-state index >= 15 is 4.57 Å². The number of aryl methyl sites for hydroxylation is 4. The molecule has 340 valence electrons. The molecule has 2 heteroatoms. The van der Waals surface area contributed by atoms with E-state index in [1.54, 1.807) is 0 Å². The molecule has 2 atom stereocenters. The first-order chi connectivity index (χ1) is 34.2. The van der Waals surface area contributed by atoms with Gasteiger partial charge in [0.25, 0.3) is 0 Å². The van der Waals surface area contributed by atoms with Crippen LogP contribution in [0.25, 0.3) is 11.1 Å². The Morgan fingerprint density at radius 1 is 0.414 bits per heavy atom. The summed E-state index contributed by atoms with van der Waals surface area (Å²) in [6, 6.07) is 81.9. The Hall–Kier alpha value is -7.57. The molecule has 2 aliphatic carbocycles. The van der Waals surface area contributed by atoms with Gasteiger partial charge in [-0.3, -0.25) is 0 Å². The molecule has 0 radical (unpaired) electrons. The van der Waals surface area contributed by atoms with Crippen LogP contribution < -0.4 is 10.6 Å². The standard InChI is InChI=1S/C68H57OP/c1-48-29-35-54(36-30-48)67(55-37-31-49(2)32-38-55,56-39-33-50(3)34-40-56)57-41-43-58(44-42-57)68(65-27-14-11-17-51(65)4,66-28-16-26-63-62-25-13-12-18-52(62)47-64(63)66)53-19-15-24-61(46-45-53)70(69,59-20-7-5-8-21-59)60-22-9-6-10-23-60/h5-46,61H,47H2,1-4H3. The van der Waals surface area contributed by atoms with Crippen LogP contribution in [0.4, 0.5) is 0 Å².